The molecule has 98 valence electrons. The number of likely N-dealkylation sites (N-methyl/N-ethyl adjacent to an activating group) is 1. The molecule has 0 amide bonds. The number of thiocarbonyl (C=S) groups is 1. The van der Waals surface area contributed by atoms with E-state index < -0.39 is 0 Å². The highest BCUT2D eigenvalue weighted by molar-refractivity contribution is 7.80. The fourth-order valence-electron chi connectivity index (χ4n) is 1.47. The Morgan fingerprint density at radius 2 is 2.22 bits per heavy atom. The second-order valence-corrected chi connectivity index (χ2v) is 4.32. The molecule has 1 aromatic rings. The summed E-state index contributed by atoms with van der Waals surface area (Å²) in [6.07, 6.45) is 0. The van der Waals surface area contributed by atoms with Crippen molar-refractivity contribution in [2.24, 2.45) is 5.73 Å². The highest BCUT2D eigenvalue weighted by atomic mass is 32.1. The van der Waals surface area contributed by atoms with Crippen molar-refractivity contribution in [1.29, 1.82) is 0 Å². The lowest BCUT2D eigenvalue weighted by atomic mass is 10.2. The highest BCUT2D eigenvalue weighted by Gasteiger charge is 2.11. The Kier molecular flexibility index (Phi) is 5.03. The standard InChI is InChI=1S/C12H17N3O2S/c1-4-17-11(16)7-15(3)10-6-9(12(13)18)5-8(2)14-10/h5-6H,4,7H2,1-3H3,(H2,13,18). The van der Waals surface area contributed by atoms with Crippen molar-refractivity contribution in [2.75, 3.05) is 25.1 Å². The molecule has 6 heteroatoms. The molecular weight excluding hydrogens is 250 g/mol. The molecule has 0 saturated carbocycles. The topological polar surface area (TPSA) is 68.5 Å². The summed E-state index contributed by atoms with van der Waals surface area (Å²) in [5, 5.41) is 0. The monoisotopic (exact) mass is 267 g/mol. The van der Waals surface area contributed by atoms with Crippen LogP contribution >= 0.6 is 12.2 Å². The number of aromatic nitrogens is 1. The maximum Gasteiger partial charge on any atom is 0.325 e. The van der Waals surface area contributed by atoms with Crippen LogP contribution in [0, 0.1) is 6.92 Å². The minimum Gasteiger partial charge on any atom is -0.465 e. The van der Waals surface area contributed by atoms with E-state index in [9.17, 15) is 4.79 Å². The van der Waals surface area contributed by atoms with Crippen LogP contribution in [-0.2, 0) is 9.53 Å². The van der Waals surface area contributed by atoms with Gasteiger partial charge in [-0.3, -0.25) is 4.79 Å². The molecule has 0 bridgehead atoms. The average molecular weight is 267 g/mol. The molecule has 0 fully saturated rings. The van der Waals surface area contributed by atoms with Gasteiger partial charge in [0.25, 0.3) is 0 Å². The van der Waals surface area contributed by atoms with Gasteiger partial charge in [0.1, 0.15) is 17.4 Å². The zero-order chi connectivity index (χ0) is 13.7. The summed E-state index contributed by atoms with van der Waals surface area (Å²) in [6, 6.07) is 3.57. The van der Waals surface area contributed by atoms with E-state index in [1.807, 2.05) is 13.0 Å². The fraction of sp³-hybridized carbons (Fsp3) is 0.417. The Balaban J connectivity index is 2.88. The normalized spacial score (nSPS) is 9.94. The van der Waals surface area contributed by atoms with E-state index in [1.165, 1.54) is 0 Å². The zero-order valence-electron chi connectivity index (χ0n) is 10.8. The van der Waals surface area contributed by atoms with Crippen molar-refractivity contribution < 1.29 is 9.53 Å². The van der Waals surface area contributed by atoms with Crippen molar-refractivity contribution in [3.8, 4) is 0 Å². The molecule has 0 aliphatic rings. The lowest BCUT2D eigenvalue weighted by Crippen LogP contribution is -2.28. The van der Waals surface area contributed by atoms with E-state index in [-0.39, 0.29) is 12.5 Å². The molecule has 1 aromatic heterocycles. The molecule has 0 aliphatic carbocycles. The first kappa shape index (κ1) is 14.4. The van der Waals surface area contributed by atoms with E-state index in [2.05, 4.69) is 4.98 Å². The molecule has 0 spiro atoms. The number of rotatable bonds is 5. The van der Waals surface area contributed by atoms with Crippen LogP contribution in [0.4, 0.5) is 5.82 Å². The predicted molar refractivity (Wildman–Crippen MR) is 74.8 cm³/mol. The molecule has 0 radical (unpaired) electrons. The van der Waals surface area contributed by atoms with Gasteiger partial charge in [0, 0.05) is 18.3 Å². The van der Waals surface area contributed by atoms with Crippen LogP contribution in [0.1, 0.15) is 18.2 Å². The van der Waals surface area contributed by atoms with Crippen molar-refractivity contribution >= 4 is 29.0 Å². The third-order valence-electron chi connectivity index (χ3n) is 2.29. The van der Waals surface area contributed by atoms with Gasteiger partial charge in [-0.05, 0) is 26.0 Å². The fourth-order valence-corrected chi connectivity index (χ4v) is 1.59. The summed E-state index contributed by atoms with van der Waals surface area (Å²) >= 11 is 4.94. The lowest BCUT2D eigenvalue weighted by Gasteiger charge is -2.18. The number of hydrogen-bond acceptors (Lipinski definition) is 5. The Bertz CT molecular complexity index is 463. The van der Waals surface area contributed by atoms with E-state index in [0.717, 1.165) is 11.3 Å². The Morgan fingerprint density at radius 1 is 1.56 bits per heavy atom. The van der Waals surface area contributed by atoms with Crippen LogP contribution in [0.15, 0.2) is 12.1 Å². The van der Waals surface area contributed by atoms with E-state index in [0.29, 0.717) is 17.4 Å². The minimum atomic E-state index is -0.291. The lowest BCUT2D eigenvalue weighted by molar-refractivity contribution is -0.141. The Hall–Kier alpha value is -1.69. The molecule has 0 unspecified atom stereocenters. The van der Waals surface area contributed by atoms with Gasteiger partial charge in [0.15, 0.2) is 0 Å². The van der Waals surface area contributed by atoms with Crippen LogP contribution in [0.5, 0.6) is 0 Å². The molecule has 0 atom stereocenters. The Morgan fingerprint density at radius 3 is 2.78 bits per heavy atom. The summed E-state index contributed by atoms with van der Waals surface area (Å²) in [6.45, 7) is 4.13. The third-order valence-corrected chi connectivity index (χ3v) is 2.52. The van der Waals surface area contributed by atoms with Crippen LogP contribution in [-0.4, -0.2) is 36.1 Å². The largest absolute Gasteiger partial charge is 0.465 e. The molecule has 1 heterocycles. The molecule has 0 aromatic carbocycles. The number of aryl methyl sites for hydroxylation is 1. The second kappa shape index (κ2) is 6.30. The minimum absolute atomic E-state index is 0.140. The van der Waals surface area contributed by atoms with Crippen LogP contribution in [0.25, 0.3) is 0 Å². The van der Waals surface area contributed by atoms with Crippen molar-refractivity contribution in [1.82, 2.24) is 4.98 Å². The average Bonchev–Trinajstić information content (AvgIpc) is 2.28. The van der Waals surface area contributed by atoms with E-state index in [4.69, 9.17) is 22.7 Å². The van der Waals surface area contributed by atoms with Crippen LogP contribution in [0.2, 0.25) is 0 Å². The van der Waals surface area contributed by atoms with Crippen LogP contribution in [0.3, 0.4) is 0 Å². The van der Waals surface area contributed by atoms with Crippen LogP contribution < -0.4 is 10.6 Å². The summed E-state index contributed by atoms with van der Waals surface area (Å²) in [7, 11) is 1.77. The maximum absolute atomic E-state index is 11.4. The van der Waals surface area contributed by atoms with Gasteiger partial charge in [-0.1, -0.05) is 12.2 Å². The first-order valence-electron chi connectivity index (χ1n) is 5.59. The molecular formula is C12H17N3O2S. The van der Waals surface area contributed by atoms with Crippen molar-refractivity contribution in [3.05, 3.63) is 23.4 Å². The SMILES string of the molecule is CCOC(=O)CN(C)c1cc(C(N)=S)cc(C)n1. The molecule has 5 nitrogen and oxygen atoms in total. The number of nitrogens with zero attached hydrogens (tertiary/aromatic N) is 2. The number of ether oxygens (including phenoxy) is 1. The first-order valence-corrected chi connectivity index (χ1v) is 6.00. The molecule has 0 aliphatic heterocycles. The van der Waals surface area contributed by atoms with Gasteiger partial charge >= 0.3 is 5.97 Å². The van der Waals surface area contributed by atoms with Gasteiger partial charge < -0.3 is 15.4 Å². The Labute approximate surface area is 112 Å². The van der Waals surface area contributed by atoms with Gasteiger partial charge in [-0.15, -0.1) is 0 Å². The maximum atomic E-state index is 11.4. The van der Waals surface area contributed by atoms with E-state index >= 15 is 0 Å². The molecule has 0 saturated heterocycles. The quantitative estimate of drug-likeness (QED) is 0.634. The van der Waals surface area contributed by atoms with Gasteiger partial charge in [-0.25, -0.2) is 4.98 Å². The summed E-state index contributed by atoms with van der Waals surface area (Å²) in [4.78, 5) is 17.7. The zero-order valence-corrected chi connectivity index (χ0v) is 11.6. The molecule has 2 N–H and O–H groups in total. The van der Waals surface area contributed by atoms with Crippen molar-refractivity contribution in [3.63, 3.8) is 0 Å². The summed E-state index contributed by atoms with van der Waals surface area (Å²) in [5.41, 5.74) is 7.13. The number of pyridine rings is 1. The third kappa shape index (κ3) is 3.96. The second-order valence-electron chi connectivity index (χ2n) is 3.88. The van der Waals surface area contributed by atoms with Gasteiger partial charge in [0.05, 0.1) is 6.61 Å². The number of carbonyl (C=O) groups is 1. The molecule has 18 heavy (non-hydrogen) atoms. The first-order chi connectivity index (χ1) is 8.43. The van der Waals surface area contributed by atoms with Gasteiger partial charge in [0.2, 0.25) is 0 Å². The number of esters is 1. The van der Waals surface area contributed by atoms with E-state index in [1.54, 1.807) is 24.9 Å². The summed E-state index contributed by atoms with van der Waals surface area (Å²) < 4.78 is 4.88. The van der Waals surface area contributed by atoms with Crippen molar-refractivity contribution in [2.45, 2.75) is 13.8 Å². The number of hydrogen-bond donors (Lipinski definition) is 1. The number of anilines is 1. The smallest absolute Gasteiger partial charge is 0.325 e. The summed E-state index contributed by atoms with van der Waals surface area (Å²) in [5.74, 6) is 0.353. The number of nitrogens with two attached hydrogens (primary N) is 1. The molecule has 1 rings (SSSR count). The predicted octanol–water partition coefficient (Wildman–Crippen LogP) is 1.02. The van der Waals surface area contributed by atoms with Gasteiger partial charge in [-0.2, -0.15) is 0 Å². The number of carbonyl (C=O) groups excluding carboxylic acids is 1. The highest BCUT2D eigenvalue weighted by Crippen LogP contribution is 2.13.